The van der Waals surface area contributed by atoms with Crippen LogP contribution in [0.25, 0.3) is 10.9 Å². The van der Waals surface area contributed by atoms with Gasteiger partial charge < -0.3 is 4.74 Å². The molecule has 3 aromatic carbocycles. The lowest BCUT2D eigenvalue weighted by Gasteiger charge is -2.20. The van der Waals surface area contributed by atoms with Gasteiger partial charge in [-0.25, -0.2) is 4.98 Å². The number of fused-ring (bicyclic) bond motifs is 1. The Kier molecular flexibility index (Phi) is 6.81. The molecule has 1 aromatic heterocycles. The van der Waals surface area contributed by atoms with Gasteiger partial charge in [-0.15, -0.1) is 0 Å². The summed E-state index contributed by atoms with van der Waals surface area (Å²) in [6.07, 6.45) is 1.66. The minimum absolute atomic E-state index is 0.204. The average Bonchev–Trinajstić information content (AvgIpc) is 2.78. The lowest BCUT2D eigenvalue weighted by Crippen LogP contribution is -2.29. The van der Waals surface area contributed by atoms with Crippen LogP contribution in [0.15, 0.2) is 85.6 Å². The fourth-order valence-electron chi connectivity index (χ4n) is 3.32. The summed E-state index contributed by atoms with van der Waals surface area (Å²) in [7, 11) is 0. The molecule has 168 valence electrons. The Bertz CT molecular complexity index is 1390. The first-order valence-electron chi connectivity index (χ1n) is 10.5. The van der Waals surface area contributed by atoms with Crippen molar-refractivity contribution in [2.75, 3.05) is 0 Å². The standard InChI is InChI=1S/C26H23Br2N3O2/c1-26(2,3)25-30-22-11-10-19(27)14-20(22)24(32)31(25)29-15-18-9-12-23(21(28)13-18)33-16-17-7-5-4-6-8-17/h4-15H,16H2,1-3H3. The van der Waals surface area contributed by atoms with Crippen molar-refractivity contribution in [2.45, 2.75) is 32.8 Å². The zero-order chi connectivity index (χ0) is 23.6. The van der Waals surface area contributed by atoms with E-state index in [1.165, 1.54) is 4.68 Å². The topological polar surface area (TPSA) is 56.5 Å². The largest absolute Gasteiger partial charge is 0.488 e. The van der Waals surface area contributed by atoms with Crippen molar-refractivity contribution in [3.8, 4) is 5.75 Å². The van der Waals surface area contributed by atoms with Crippen molar-refractivity contribution in [1.29, 1.82) is 0 Å². The maximum atomic E-state index is 13.3. The molecule has 0 atom stereocenters. The molecule has 7 heteroatoms. The van der Waals surface area contributed by atoms with Gasteiger partial charge in [-0.3, -0.25) is 4.79 Å². The SMILES string of the molecule is CC(C)(C)c1nc2ccc(Br)cc2c(=O)n1N=Cc1ccc(OCc2ccccc2)c(Br)c1. The molecule has 1 heterocycles. The Morgan fingerprint density at radius 2 is 1.79 bits per heavy atom. The van der Waals surface area contributed by atoms with Crippen LogP contribution in [0.1, 0.15) is 37.7 Å². The molecule has 0 saturated carbocycles. The second kappa shape index (κ2) is 9.61. The van der Waals surface area contributed by atoms with Crippen LogP contribution in [0.5, 0.6) is 5.75 Å². The highest BCUT2D eigenvalue weighted by Gasteiger charge is 2.22. The van der Waals surface area contributed by atoms with E-state index in [0.717, 1.165) is 25.8 Å². The molecular formula is C26H23Br2N3O2. The van der Waals surface area contributed by atoms with Crippen LogP contribution in [-0.4, -0.2) is 15.9 Å². The molecule has 0 bridgehead atoms. The van der Waals surface area contributed by atoms with Crippen molar-refractivity contribution >= 4 is 49.0 Å². The summed E-state index contributed by atoms with van der Waals surface area (Å²) < 4.78 is 8.95. The van der Waals surface area contributed by atoms with Crippen molar-refractivity contribution in [1.82, 2.24) is 9.66 Å². The van der Waals surface area contributed by atoms with Gasteiger partial charge in [-0.05, 0) is 63.5 Å². The summed E-state index contributed by atoms with van der Waals surface area (Å²) in [6.45, 7) is 6.53. The quantitative estimate of drug-likeness (QED) is 0.252. The monoisotopic (exact) mass is 567 g/mol. The third kappa shape index (κ3) is 5.42. The minimum Gasteiger partial charge on any atom is -0.488 e. The molecule has 0 saturated heterocycles. The first kappa shape index (κ1) is 23.4. The Morgan fingerprint density at radius 1 is 1.03 bits per heavy atom. The maximum absolute atomic E-state index is 13.3. The second-order valence-electron chi connectivity index (χ2n) is 8.67. The zero-order valence-corrected chi connectivity index (χ0v) is 21.7. The van der Waals surface area contributed by atoms with E-state index in [9.17, 15) is 4.79 Å². The zero-order valence-electron chi connectivity index (χ0n) is 18.5. The van der Waals surface area contributed by atoms with Crippen LogP contribution in [0, 0.1) is 0 Å². The summed E-state index contributed by atoms with van der Waals surface area (Å²) in [5.74, 6) is 1.33. The van der Waals surface area contributed by atoms with Gasteiger partial charge in [0.15, 0.2) is 0 Å². The molecule has 0 unspecified atom stereocenters. The molecule has 0 aliphatic heterocycles. The highest BCUT2D eigenvalue weighted by Crippen LogP contribution is 2.27. The summed E-state index contributed by atoms with van der Waals surface area (Å²) in [4.78, 5) is 18.0. The predicted octanol–water partition coefficient (Wildman–Crippen LogP) is 6.68. The van der Waals surface area contributed by atoms with Crippen molar-refractivity contribution in [2.24, 2.45) is 5.10 Å². The fraction of sp³-hybridized carbons (Fsp3) is 0.192. The molecule has 5 nitrogen and oxygen atoms in total. The van der Waals surface area contributed by atoms with Crippen LogP contribution in [-0.2, 0) is 12.0 Å². The minimum atomic E-state index is -0.368. The highest BCUT2D eigenvalue weighted by atomic mass is 79.9. The van der Waals surface area contributed by atoms with E-state index in [2.05, 4.69) is 37.0 Å². The molecule has 33 heavy (non-hydrogen) atoms. The number of aromatic nitrogens is 2. The van der Waals surface area contributed by atoms with Gasteiger partial charge in [0, 0.05) is 9.89 Å². The summed E-state index contributed by atoms with van der Waals surface area (Å²) in [5, 5.41) is 5.04. The van der Waals surface area contributed by atoms with Crippen LogP contribution >= 0.6 is 31.9 Å². The second-order valence-corrected chi connectivity index (χ2v) is 10.4. The van der Waals surface area contributed by atoms with Gasteiger partial charge in [0.1, 0.15) is 18.2 Å². The molecule has 4 rings (SSSR count). The van der Waals surface area contributed by atoms with Crippen molar-refractivity contribution < 1.29 is 4.74 Å². The van der Waals surface area contributed by atoms with Crippen LogP contribution in [0.3, 0.4) is 0 Å². The number of rotatable bonds is 5. The third-order valence-corrected chi connectivity index (χ3v) is 6.11. The van der Waals surface area contributed by atoms with E-state index < -0.39 is 0 Å². The van der Waals surface area contributed by atoms with Crippen molar-refractivity contribution in [3.63, 3.8) is 0 Å². The smallest absolute Gasteiger partial charge is 0.282 e. The first-order chi connectivity index (χ1) is 15.7. The van der Waals surface area contributed by atoms with E-state index in [4.69, 9.17) is 9.72 Å². The number of nitrogens with zero attached hydrogens (tertiary/aromatic N) is 3. The van der Waals surface area contributed by atoms with Gasteiger partial charge in [0.2, 0.25) is 0 Å². The number of ether oxygens (including phenoxy) is 1. The summed E-state index contributed by atoms with van der Waals surface area (Å²) in [6, 6.07) is 21.2. The molecule has 0 N–H and O–H groups in total. The fourth-order valence-corrected chi connectivity index (χ4v) is 4.19. The van der Waals surface area contributed by atoms with Gasteiger partial charge in [-0.1, -0.05) is 67.0 Å². The first-order valence-corrected chi connectivity index (χ1v) is 12.0. The van der Waals surface area contributed by atoms with Gasteiger partial charge in [-0.2, -0.15) is 9.78 Å². The van der Waals surface area contributed by atoms with E-state index in [0.29, 0.717) is 23.3 Å². The van der Waals surface area contributed by atoms with Crippen LogP contribution < -0.4 is 10.3 Å². The maximum Gasteiger partial charge on any atom is 0.282 e. The number of halogens is 2. The lowest BCUT2D eigenvalue weighted by atomic mass is 9.95. The van der Waals surface area contributed by atoms with E-state index in [-0.39, 0.29) is 11.0 Å². The molecule has 0 amide bonds. The Hall–Kier alpha value is -2.77. The molecule has 0 fully saturated rings. The molecule has 0 spiro atoms. The normalized spacial score (nSPS) is 11.9. The van der Waals surface area contributed by atoms with Gasteiger partial charge in [0.25, 0.3) is 5.56 Å². The van der Waals surface area contributed by atoms with Crippen molar-refractivity contribution in [3.05, 3.63) is 103 Å². The van der Waals surface area contributed by atoms with Crippen LogP contribution in [0.2, 0.25) is 0 Å². The summed E-state index contributed by atoms with van der Waals surface area (Å²) in [5.41, 5.74) is 2.01. The van der Waals surface area contributed by atoms with Gasteiger partial charge in [0.05, 0.1) is 21.6 Å². The molecule has 4 aromatic rings. The lowest BCUT2D eigenvalue weighted by molar-refractivity contribution is 0.304. The number of hydrogen-bond donors (Lipinski definition) is 0. The number of benzene rings is 3. The third-order valence-electron chi connectivity index (χ3n) is 4.99. The Labute approximate surface area is 209 Å². The molecule has 0 aliphatic carbocycles. The average molecular weight is 569 g/mol. The highest BCUT2D eigenvalue weighted by molar-refractivity contribution is 9.10. The van der Waals surface area contributed by atoms with E-state index in [1.807, 2.05) is 81.4 Å². The van der Waals surface area contributed by atoms with E-state index in [1.54, 1.807) is 12.3 Å². The van der Waals surface area contributed by atoms with Gasteiger partial charge >= 0.3 is 0 Å². The molecule has 0 aliphatic rings. The Morgan fingerprint density at radius 3 is 2.48 bits per heavy atom. The Balaban J connectivity index is 1.66. The molecule has 0 radical (unpaired) electrons. The van der Waals surface area contributed by atoms with E-state index >= 15 is 0 Å². The molecular weight excluding hydrogens is 546 g/mol. The van der Waals surface area contributed by atoms with Crippen LogP contribution in [0.4, 0.5) is 0 Å². The number of hydrogen-bond acceptors (Lipinski definition) is 4. The summed E-state index contributed by atoms with van der Waals surface area (Å²) >= 11 is 7.01. The predicted molar refractivity (Wildman–Crippen MR) is 140 cm³/mol.